The van der Waals surface area contributed by atoms with Crippen LogP contribution in [0.5, 0.6) is 0 Å². The maximum atomic E-state index is 13.6. The number of rotatable bonds is 8. The molecule has 3 heterocycles. The Labute approximate surface area is 279 Å². The van der Waals surface area contributed by atoms with E-state index in [1.54, 1.807) is 30.4 Å². The number of nitrogens with zero attached hydrogens (tertiary/aromatic N) is 3. The first-order valence-corrected chi connectivity index (χ1v) is 15.2. The van der Waals surface area contributed by atoms with Crippen molar-refractivity contribution in [2.45, 2.75) is 43.7 Å². The standard InChI is InChI=1S/C23H22F3N3O6.C6H8.HO2P.2H3OP/c24-23(25,26)16-11-27-14(10-15(16)13-4-2-1-3-5-13)12-29-18(31)6-8-28(22(29)34)21-20(33)19(32)17(35-21)7-9-30;1-3-5-6-4-2;1-3-2;2*1-2/h1-6,8,10-11,17,19-21,30,32-33H,7,9,12H2;3-6H,1-2H2;(H,1,2);2*1H,2H2/b;6-5-;;;. The van der Waals surface area contributed by atoms with Crippen LogP contribution in [0.4, 0.5) is 13.2 Å². The quantitative estimate of drug-likeness (QED) is 0.147. The minimum absolute atomic E-state index is 0.0147. The zero-order valence-corrected chi connectivity index (χ0v) is 28.4. The molecule has 0 spiro atoms. The normalized spacial score (nSPS) is 18.1. The number of alkyl halides is 3. The van der Waals surface area contributed by atoms with Crippen molar-refractivity contribution in [1.29, 1.82) is 0 Å². The van der Waals surface area contributed by atoms with Gasteiger partial charge in [0.1, 0.15) is 12.2 Å². The number of allylic oxidation sites excluding steroid dienone is 4. The van der Waals surface area contributed by atoms with Crippen molar-refractivity contribution in [3.8, 4) is 11.1 Å². The van der Waals surface area contributed by atoms with Crippen LogP contribution in [0.2, 0.25) is 0 Å². The summed E-state index contributed by atoms with van der Waals surface area (Å²) in [5.41, 5.74) is -2.46. The van der Waals surface area contributed by atoms with Crippen molar-refractivity contribution in [3.63, 3.8) is 0 Å². The number of hydrogen-bond acceptors (Lipinski definition) is 10. The number of aromatic nitrogens is 3. The second-order valence-corrected chi connectivity index (χ2v) is 9.17. The van der Waals surface area contributed by atoms with Gasteiger partial charge in [0.25, 0.3) is 5.56 Å². The van der Waals surface area contributed by atoms with E-state index in [4.69, 9.17) is 29.1 Å². The lowest BCUT2D eigenvalue weighted by atomic mass is 10.0. The predicted molar refractivity (Wildman–Crippen MR) is 180 cm³/mol. The first-order valence-electron chi connectivity index (χ1n) is 13.4. The van der Waals surface area contributed by atoms with Gasteiger partial charge in [0.05, 0.1) is 23.9 Å². The van der Waals surface area contributed by atoms with E-state index in [2.05, 4.69) is 18.1 Å². The van der Waals surface area contributed by atoms with E-state index >= 15 is 0 Å². The molecule has 1 aromatic carbocycles. The van der Waals surface area contributed by atoms with E-state index in [1.165, 1.54) is 37.1 Å². The van der Waals surface area contributed by atoms with Crippen molar-refractivity contribution < 1.29 is 52.5 Å². The number of aliphatic hydroxyl groups excluding tert-OH is 3. The molecule has 1 aliphatic rings. The monoisotopic (exact) mass is 737 g/mol. The maximum absolute atomic E-state index is 13.6. The summed E-state index contributed by atoms with van der Waals surface area (Å²) >= 11 is 0. The summed E-state index contributed by atoms with van der Waals surface area (Å²) in [6.45, 7) is 6.16. The highest BCUT2D eigenvalue weighted by molar-refractivity contribution is 7.16. The Morgan fingerprint density at radius 2 is 1.56 bits per heavy atom. The second kappa shape index (κ2) is 24.0. The maximum Gasteiger partial charge on any atom is 0.418 e. The molecule has 4 rings (SSSR count). The first-order chi connectivity index (χ1) is 22.9. The fraction of sp³-hybridized carbons (Fsp3) is 0.276. The van der Waals surface area contributed by atoms with Crippen molar-refractivity contribution >= 4 is 27.6 Å². The topological polar surface area (TPSA) is 205 Å². The summed E-state index contributed by atoms with van der Waals surface area (Å²) in [7, 11) is 2.00. The third kappa shape index (κ3) is 13.3. The summed E-state index contributed by atoms with van der Waals surface area (Å²) < 4.78 is 56.4. The van der Waals surface area contributed by atoms with Crippen molar-refractivity contribution in [2.24, 2.45) is 0 Å². The summed E-state index contributed by atoms with van der Waals surface area (Å²) in [4.78, 5) is 50.2. The summed E-state index contributed by atoms with van der Waals surface area (Å²) in [5.74, 6) is 0. The van der Waals surface area contributed by atoms with Crippen LogP contribution >= 0.6 is 27.6 Å². The highest BCUT2D eigenvalue weighted by Gasteiger charge is 2.43. The van der Waals surface area contributed by atoms with Gasteiger partial charge in [-0.1, -0.05) is 67.8 Å². The third-order valence-electron chi connectivity index (χ3n) is 6.17. The van der Waals surface area contributed by atoms with Crippen molar-refractivity contribution in [3.05, 3.63) is 124 Å². The van der Waals surface area contributed by atoms with E-state index < -0.39 is 62.8 Å². The summed E-state index contributed by atoms with van der Waals surface area (Å²) in [6, 6.07) is 10.0. The number of aliphatic hydroxyl groups is 3. The second-order valence-electron chi connectivity index (χ2n) is 9.01. The molecular weight excluding hydrogens is 700 g/mol. The molecule has 1 fully saturated rings. The molecular formula is C29H37F3N3O10P3. The van der Waals surface area contributed by atoms with Crippen LogP contribution in [-0.2, 0) is 22.0 Å². The van der Waals surface area contributed by atoms with Gasteiger partial charge in [-0.3, -0.25) is 18.9 Å². The lowest BCUT2D eigenvalue weighted by Crippen LogP contribution is -2.43. The number of pyridine rings is 1. The Kier molecular flexibility index (Phi) is 22.3. The Morgan fingerprint density at radius 1 is 1.00 bits per heavy atom. The highest BCUT2D eigenvalue weighted by atomic mass is 31.1. The van der Waals surface area contributed by atoms with Gasteiger partial charge in [-0.05, 0) is 42.5 Å². The van der Waals surface area contributed by atoms with Gasteiger partial charge in [-0.25, -0.2) is 9.36 Å². The van der Waals surface area contributed by atoms with E-state index in [1.807, 2.05) is 12.2 Å². The van der Waals surface area contributed by atoms with Crippen LogP contribution in [-0.4, -0.2) is 69.0 Å². The number of benzene rings is 1. The molecule has 6 unspecified atom stereocenters. The zero-order valence-electron chi connectivity index (χ0n) is 25.2. The molecule has 264 valence electrons. The number of halogens is 3. The van der Waals surface area contributed by atoms with Crippen LogP contribution in [0.1, 0.15) is 23.9 Å². The average Bonchev–Trinajstić information content (AvgIpc) is 3.36. The van der Waals surface area contributed by atoms with Crippen LogP contribution in [0.3, 0.4) is 0 Å². The fourth-order valence-electron chi connectivity index (χ4n) is 4.18. The van der Waals surface area contributed by atoms with Crippen LogP contribution in [0.25, 0.3) is 11.1 Å². The molecule has 2 aromatic heterocycles. The average molecular weight is 738 g/mol. The predicted octanol–water partition coefficient (Wildman–Crippen LogP) is 2.78. The van der Waals surface area contributed by atoms with Crippen molar-refractivity contribution in [2.75, 3.05) is 6.61 Å². The van der Waals surface area contributed by atoms with Gasteiger partial charge in [-0.2, -0.15) is 13.2 Å². The molecule has 19 heteroatoms. The van der Waals surface area contributed by atoms with Gasteiger partial charge in [0, 0.05) is 25.1 Å². The Balaban J connectivity index is 0.00000147. The minimum atomic E-state index is -4.67. The third-order valence-corrected chi connectivity index (χ3v) is 6.17. The molecule has 13 nitrogen and oxygen atoms in total. The Morgan fingerprint density at radius 3 is 2.06 bits per heavy atom. The van der Waals surface area contributed by atoms with Gasteiger partial charge < -0.3 is 34.7 Å². The van der Waals surface area contributed by atoms with Gasteiger partial charge in [-0.15, -0.1) is 0 Å². The zero-order chi connectivity index (χ0) is 36.9. The number of hydrogen-bond donors (Lipinski definition) is 6. The van der Waals surface area contributed by atoms with Gasteiger partial charge >= 0.3 is 20.6 Å². The van der Waals surface area contributed by atoms with Crippen LogP contribution in [0.15, 0.2) is 102 Å². The molecule has 1 aliphatic heterocycles. The summed E-state index contributed by atoms with van der Waals surface area (Å²) in [5, 5.41) is 29.6. The molecule has 0 radical (unpaired) electrons. The molecule has 6 N–H and O–H groups in total. The number of ether oxygens (including phenoxy) is 1. The van der Waals surface area contributed by atoms with E-state index in [0.717, 1.165) is 21.4 Å². The molecule has 0 bridgehead atoms. The van der Waals surface area contributed by atoms with Crippen LogP contribution < -0.4 is 11.2 Å². The molecule has 6 atom stereocenters. The van der Waals surface area contributed by atoms with E-state index in [0.29, 0.717) is 6.20 Å². The molecule has 3 aromatic rings. The SMILES string of the molecule is C=C/C=C\C=C.O=PO.O=c1ccn(C2OC(CCO)C(O)C2O)c(=O)n1Cc1cc(-c2ccccc2)c(C(F)(F)F)cn1.OP.OP. The van der Waals surface area contributed by atoms with Gasteiger partial charge in [0.15, 0.2) is 6.23 Å². The lowest BCUT2D eigenvalue weighted by molar-refractivity contribution is -0.137. The smallest absolute Gasteiger partial charge is 0.396 e. The molecule has 0 amide bonds. The largest absolute Gasteiger partial charge is 0.418 e. The molecule has 48 heavy (non-hydrogen) atoms. The van der Waals surface area contributed by atoms with Gasteiger partial charge in [0.2, 0.25) is 0 Å². The van der Waals surface area contributed by atoms with Crippen LogP contribution in [0, 0.1) is 0 Å². The summed E-state index contributed by atoms with van der Waals surface area (Å²) in [6.07, 6.45) is -0.978. The Hall–Kier alpha value is -3.26. The fourth-order valence-corrected chi connectivity index (χ4v) is 4.18. The Bertz CT molecular complexity index is 1550. The van der Waals surface area contributed by atoms with Crippen molar-refractivity contribution in [1.82, 2.24) is 14.1 Å². The lowest BCUT2D eigenvalue weighted by Gasteiger charge is -2.19. The molecule has 1 saturated heterocycles. The minimum Gasteiger partial charge on any atom is -0.396 e. The highest BCUT2D eigenvalue weighted by Crippen LogP contribution is 2.37. The van der Waals surface area contributed by atoms with E-state index in [-0.39, 0.29) is 29.8 Å². The first kappa shape index (κ1) is 44.7. The molecule has 0 aliphatic carbocycles. The van der Waals surface area contributed by atoms with E-state index in [9.17, 15) is 33.0 Å². The molecule has 0 saturated carbocycles.